The van der Waals surface area contributed by atoms with Crippen molar-refractivity contribution in [3.63, 3.8) is 0 Å². The molecule has 27 heavy (non-hydrogen) atoms. The standard InChI is InChI=1S/C19H22N6O2/c1-6-25(13-27-9-1)16-12-17(24-7-10-26-11-8-24)22-18-14(16)2-4-20-19(18)15-3-5-21-23-15/h2-5,12H,1,6-11,13H2,(H,21,23). The zero-order valence-corrected chi connectivity index (χ0v) is 15.1. The zero-order chi connectivity index (χ0) is 18.1. The first-order valence-corrected chi connectivity index (χ1v) is 9.35. The van der Waals surface area contributed by atoms with Gasteiger partial charge in [0.25, 0.3) is 0 Å². The van der Waals surface area contributed by atoms with Gasteiger partial charge in [0, 0.05) is 43.5 Å². The Bertz CT molecular complexity index is 917. The van der Waals surface area contributed by atoms with E-state index in [0.717, 1.165) is 79.7 Å². The van der Waals surface area contributed by atoms with Crippen LogP contribution in [-0.4, -0.2) is 66.4 Å². The van der Waals surface area contributed by atoms with E-state index < -0.39 is 0 Å². The van der Waals surface area contributed by atoms with Crippen molar-refractivity contribution in [2.45, 2.75) is 6.42 Å². The number of nitrogens with one attached hydrogen (secondary N) is 1. The van der Waals surface area contributed by atoms with Crippen LogP contribution in [-0.2, 0) is 9.47 Å². The highest BCUT2D eigenvalue weighted by Gasteiger charge is 2.21. The van der Waals surface area contributed by atoms with E-state index in [9.17, 15) is 0 Å². The Balaban J connectivity index is 1.69. The lowest BCUT2D eigenvalue weighted by Gasteiger charge is -2.32. The number of pyridine rings is 2. The van der Waals surface area contributed by atoms with Crippen molar-refractivity contribution in [2.75, 3.05) is 56.0 Å². The summed E-state index contributed by atoms with van der Waals surface area (Å²) in [5.41, 5.74) is 3.71. The number of H-pyrrole nitrogens is 1. The molecule has 5 rings (SSSR count). The summed E-state index contributed by atoms with van der Waals surface area (Å²) in [7, 11) is 0. The number of aromatic amines is 1. The van der Waals surface area contributed by atoms with Crippen LogP contribution in [0.4, 0.5) is 11.5 Å². The summed E-state index contributed by atoms with van der Waals surface area (Å²) in [4.78, 5) is 14.2. The minimum absolute atomic E-state index is 0.601. The summed E-state index contributed by atoms with van der Waals surface area (Å²) in [5.74, 6) is 0.958. The van der Waals surface area contributed by atoms with E-state index in [-0.39, 0.29) is 0 Å². The molecule has 2 aliphatic rings. The maximum atomic E-state index is 5.71. The van der Waals surface area contributed by atoms with Gasteiger partial charge in [0.1, 0.15) is 23.8 Å². The third-order valence-corrected chi connectivity index (χ3v) is 5.09. The number of ether oxygens (including phenoxy) is 2. The van der Waals surface area contributed by atoms with E-state index in [0.29, 0.717) is 6.73 Å². The van der Waals surface area contributed by atoms with Gasteiger partial charge in [-0.1, -0.05) is 0 Å². The van der Waals surface area contributed by atoms with E-state index in [1.54, 1.807) is 6.20 Å². The van der Waals surface area contributed by atoms with Crippen LogP contribution in [0.2, 0.25) is 0 Å². The molecule has 0 amide bonds. The molecule has 0 saturated carbocycles. The zero-order valence-electron chi connectivity index (χ0n) is 15.1. The normalized spacial score (nSPS) is 18.2. The molecule has 5 heterocycles. The average molecular weight is 366 g/mol. The van der Waals surface area contributed by atoms with Crippen LogP contribution in [0.1, 0.15) is 6.42 Å². The molecule has 3 aromatic rings. The van der Waals surface area contributed by atoms with Gasteiger partial charge in [-0.2, -0.15) is 5.10 Å². The molecule has 3 aromatic heterocycles. The van der Waals surface area contributed by atoms with Gasteiger partial charge in [-0.05, 0) is 18.6 Å². The first-order valence-electron chi connectivity index (χ1n) is 9.35. The molecule has 8 nitrogen and oxygen atoms in total. The van der Waals surface area contributed by atoms with Crippen molar-refractivity contribution in [3.05, 3.63) is 30.6 Å². The van der Waals surface area contributed by atoms with E-state index in [1.807, 2.05) is 18.3 Å². The minimum Gasteiger partial charge on any atom is -0.378 e. The van der Waals surface area contributed by atoms with E-state index in [2.05, 4.69) is 31.0 Å². The molecule has 0 atom stereocenters. The van der Waals surface area contributed by atoms with Crippen molar-refractivity contribution < 1.29 is 9.47 Å². The predicted molar refractivity (Wildman–Crippen MR) is 103 cm³/mol. The summed E-state index contributed by atoms with van der Waals surface area (Å²) < 4.78 is 11.2. The van der Waals surface area contributed by atoms with Crippen LogP contribution in [0.25, 0.3) is 22.3 Å². The molecule has 0 radical (unpaired) electrons. The predicted octanol–water partition coefficient (Wildman–Crippen LogP) is 2.04. The van der Waals surface area contributed by atoms with E-state index in [1.165, 1.54) is 0 Å². The van der Waals surface area contributed by atoms with Gasteiger partial charge < -0.3 is 19.3 Å². The highest BCUT2D eigenvalue weighted by Crippen LogP contribution is 2.34. The minimum atomic E-state index is 0.601. The fourth-order valence-electron chi connectivity index (χ4n) is 3.71. The Kier molecular flexibility index (Phi) is 4.35. The molecular formula is C19H22N6O2. The van der Waals surface area contributed by atoms with Crippen LogP contribution in [0.5, 0.6) is 0 Å². The first-order chi connectivity index (χ1) is 13.4. The fourth-order valence-corrected chi connectivity index (χ4v) is 3.71. The Morgan fingerprint density at radius 3 is 2.67 bits per heavy atom. The number of hydrogen-bond acceptors (Lipinski definition) is 7. The third-order valence-electron chi connectivity index (χ3n) is 5.09. The van der Waals surface area contributed by atoms with Gasteiger partial charge in [0.15, 0.2) is 0 Å². The van der Waals surface area contributed by atoms with Crippen LogP contribution in [0.15, 0.2) is 30.6 Å². The van der Waals surface area contributed by atoms with Crippen LogP contribution >= 0.6 is 0 Å². The number of anilines is 2. The molecule has 8 heteroatoms. The second-order valence-electron chi connectivity index (χ2n) is 6.78. The molecule has 0 unspecified atom stereocenters. The van der Waals surface area contributed by atoms with Gasteiger partial charge in [-0.3, -0.25) is 10.1 Å². The van der Waals surface area contributed by atoms with Gasteiger partial charge in [-0.25, -0.2) is 4.98 Å². The van der Waals surface area contributed by atoms with Gasteiger partial charge >= 0.3 is 0 Å². The molecule has 140 valence electrons. The van der Waals surface area contributed by atoms with Crippen molar-refractivity contribution in [1.29, 1.82) is 0 Å². The largest absolute Gasteiger partial charge is 0.378 e. The number of rotatable bonds is 3. The number of nitrogens with zero attached hydrogens (tertiary/aromatic N) is 5. The van der Waals surface area contributed by atoms with Gasteiger partial charge in [-0.15, -0.1) is 0 Å². The van der Waals surface area contributed by atoms with E-state index in [4.69, 9.17) is 14.5 Å². The van der Waals surface area contributed by atoms with Crippen molar-refractivity contribution in [1.82, 2.24) is 20.2 Å². The van der Waals surface area contributed by atoms with Crippen LogP contribution in [0.3, 0.4) is 0 Å². The summed E-state index contributed by atoms with van der Waals surface area (Å²) in [6.45, 7) is 5.52. The lowest BCUT2D eigenvalue weighted by molar-refractivity contribution is 0.107. The maximum absolute atomic E-state index is 5.71. The quantitative estimate of drug-likeness (QED) is 0.760. The van der Waals surface area contributed by atoms with E-state index >= 15 is 0 Å². The number of fused-ring (bicyclic) bond motifs is 1. The monoisotopic (exact) mass is 366 g/mol. The molecular weight excluding hydrogens is 344 g/mol. The smallest absolute Gasteiger partial charge is 0.131 e. The van der Waals surface area contributed by atoms with Crippen molar-refractivity contribution in [2.24, 2.45) is 0 Å². The lowest BCUT2D eigenvalue weighted by atomic mass is 10.1. The van der Waals surface area contributed by atoms with Crippen molar-refractivity contribution >= 4 is 22.4 Å². The van der Waals surface area contributed by atoms with Gasteiger partial charge in [0.05, 0.1) is 31.2 Å². The highest BCUT2D eigenvalue weighted by atomic mass is 16.5. The molecule has 0 bridgehead atoms. The molecule has 2 saturated heterocycles. The van der Waals surface area contributed by atoms with Crippen molar-refractivity contribution in [3.8, 4) is 11.4 Å². The lowest BCUT2D eigenvalue weighted by Crippen LogP contribution is -2.37. The number of aromatic nitrogens is 4. The number of morpholine rings is 1. The summed E-state index contributed by atoms with van der Waals surface area (Å²) in [6.07, 6.45) is 4.60. The summed E-state index contributed by atoms with van der Waals surface area (Å²) in [5, 5.41) is 8.18. The Labute approximate surface area is 157 Å². The third kappa shape index (κ3) is 3.11. The van der Waals surface area contributed by atoms with Crippen LogP contribution < -0.4 is 9.80 Å². The van der Waals surface area contributed by atoms with Gasteiger partial charge in [0.2, 0.25) is 0 Å². The highest BCUT2D eigenvalue weighted by molar-refractivity contribution is 6.00. The second kappa shape index (κ2) is 7.13. The molecule has 0 aliphatic carbocycles. The maximum Gasteiger partial charge on any atom is 0.131 e. The molecule has 2 aliphatic heterocycles. The fraction of sp³-hybridized carbons (Fsp3) is 0.421. The molecule has 2 fully saturated rings. The number of hydrogen-bond donors (Lipinski definition) is 1. The van der Waals surface area contributed by atoms with Crippen LogP contribution in [0, 0.1) is 0 Å². The Morgan fingerprint density at radius 1 is 0.963 bits per heavy atom. The topological polar surface area (TPSA) is 79.4 Å². The average Bonchev–Trinajstić information content (AvgIpc) is 3.28. The summed E-state index contributed by atoms with van der Waals surface area (Å²) in [6, 6.07) is 6.14. The molecule has 1 N–H and O–H groups in total. The molecule has 0 spiro atoms. The first kappa shape index (κ1) is 16.5. The summed E-state index contributed by atoms with van der Waals surface area (Å²) >= 11 is 0. The Hall–Kier alpha value is -2.71. The second-order valence-corrected chi connectivity index (χ2v) is 6.78. The Morgan fingerprint density at radius 2 is 1.89 bits per heavy atom. The molecule has 0 aromatic carbocycles. The SMILES string of the molecule is c1cc(-c2nccc3c(N4CCCOC4)cc(N4CCOCC4)nc23)[nH]n1.